The van der Waals surface area contributed by atoms with Gasteiger partial charge in [0.1, 0.15) is 48.3 Å². The van der Waals surface area contributed by atoms with Crippen LogP contribution in [0.2, 0.25) is 0 Å². The third-order valence-corrected chi connectivity index (χ3v) is 17.8. The molecule has 12 atom stereocenters. The average Bonchev–Trinajstić information content (AvgIpc) is 1.07. The van der Waals surface area contributed by atoms with Gasteiger partial charge in [-0.25, -0.2) is 0 Å². The molecule has 2 heterocycles. The molecule has 2 fully saturated rings. The highest BCUT2D eigenvalue weighted by atomic mass is 16.3. The summed E-state index contributed by atoms with van der Waals surface area (Å²) in [4.78, 5) is 197. The summed E-state index contributed by atoms with van der Waals surface area (Å²) in [6, 6.07) is -5.49. The third kappa shape index (κ3) is 20.5. The molecule has 27 nitrogen and oxygen atoms in total. The lowest BCUT2D eigenvalue weighted by atomic mass is 9.96. The molecule has 12 amide bonds. The zero-order valence-electron chi connectivity index (χ0n) is 57.4. The van der Waals surface area contributed by atoms with Gasteiger partial charge in [-0.3, -0.25) is 67.2 Å². The zero-order valence-corrected chi connectivity index (χ0v) is 57.4. The molecule has 27 heteroatoms. The topological polar surface area (TPSA) is 319 Å². The van der Waals surface area contributed by atoms with Crippen molar-refractivity contribution in [2.75, 3.05) is 82.6 Å². The molecule has 1 aromatic carbocycles. The number of amides is 12. The first-order valence-corrected chi connectivity index (χ1v) is 31.6. The van der Waals surface area contributed by atoms with Crippen LogP contribution in [0.3, 0.4) is 0 Å². The Labute approximate surface area is 538 Å². The van der Waals surface area contributed by atoms with Crippen LogP contribution in [0.1, 0.15) is 121 Å². The Morgan fingerprint density at radius 2 is 1.03 bits per heavy atom. The van der Waals surface area contributed by atoms with Gasteiger partial charge in [-0.15, -0.1) is 0 Å². The Morgan fingerprint density at radius 3 is 1.57 bits per heavy atom. The van der Waals surface area contributed by atoms with E-state index < -0.39 is 161 Å². The predicted octanol–water partition coefficient (Wildman–Crippen LogP) is -0.287. The molecule has 2 saturated heterocycles. The van der Waals surface area contributed by atoms with Crippen LogP contribution in [-0.4, -0.2) is 281 Å². The maximum atomic E-state index is 14.8. The number of nitrogens with zero attached hydrogens (tertiary/aromatic N) is 9. The first-order valence-electron chi connectivity index (χ1n) is 31.6. The van der Waals surface area contributed by atoms with E-state index in [9.17, 15) is 67.4 Å². The van der Waals surface area contributed by atoms with Crippen molar-refractivity contribution in [1.82, 2.24) is 65.4 Å². The molecule has 1 unspecified atom stereocenters. The molecule has 0 aromatic heterocycles. The molecule has 2 aliphatic heterocycles. The summed E-state index contributed by atoms with van der Waals surface area (Å²) >= 11 is 0. The number of likely N-dealkylation sites (N-methyl/N-ethyl adjacent to an activating group) is 8. The highest BCUT2D eigenvalue weighted by Crippen LogP contribution is 2.22. The van der Waals surface area contributed by atoms with Crippen molar-refractivity contribution in [3.05, 3.63) is 35.9 Å². The van der Waals surface area contributed by atoms with Crippen LogP contribution in [0.5, 0.6) is 0 Å². The van der Waals surface area contributed by atoms with Gasteiger partial charge < -0.3 is 65.6 Å². The second kappa shape index (κ2) is 34.8. The van der Waals surface area contributed by atoms with E-state index in [2.05, 4.69) is 21.3 Å². The van der Waals surface area contributed by atoms with Crippen LogP contribution in [0.4, 0.5) is 0 Å². The molecule has 1 aromatic rings. The summed E-state index contributed by atoms with van der Waals surface area (Å²) in [5.41, 5.74) is 0.721. The molecule has 0 aliphatic carbocycles. The van der Waals surface area contributed by atoms with Gasteiger partial charge in [0.2, 0.25) is 59.1 Å². The van der Waals surface area contributed by atoms with Crippen LogP contribution in [0.15, 0.2) is 30.3 Å². The largest absolute Gasteiger partial charge is 0.391 e. The minimum Gasteiger partial charge on any atom is -0.391 e. The van der Waals surface area contributed by atoms with E-state index in [-0.39, 0.29) is 51.4 Å². The molecule has 3 rings (SSSR count). The Balaban J connectivity index is 2.16. The van der Waals surface area contributed by atoms with Crippen molar-refractivity contribution >= 4 is 76.7 Å². The van der Waals surface area contributed by atoms with Crippen molar-refractivity contribution in [3.63, 3.8) is 0 Å². The number of hydrogen-bond donors (Lipinski definition) is 5. The number of nitrogens with one attached hydrogen (secondary N) is 4. The molecule has 0 spiro atoms. The Morgan fingerprint density at radius 1 is 0.505 bits per heavy atom. The highest BCUT2D eigenvalue weighted by Gasteiger charge is 2.44. The summed E-state index contributed by atoms with van der Waals surface area (Å²) in [7, 11) is 11.1. The first-order chi connectivity index (χ1) is 42.3. The minimum atomic E-state index is -1.90. The summed E-state index contributed by atoms with van der Waals surface area (Å²) in [5, 5.41) is 21.5. The lowest BCUT2D eigenvalue weighted by Gasteiger charge is -2.38. The SMILES string of the molecule is CC(C)C[C@H]1C(=O)N(C)[C@@H](C(C)C)C(=O)N[C@@H](C(C)C)C(=O)N(C)CCC(=O)N(C)[C@@H](C)C(=O)N[C@@H]([C@@H](C)O)C(=O)N(C)[C@@H](C)C(=O)N[C@H](C(=O)N2CCCCC2)C(=O)N(C)[C@@H](C)C(=O)N(C)[C@H](C)C(=O)CN(C)[C@@H](Cc2ccccc2)C(=O)NC(C)C(=O)N1C. The standard InChI is InChI=1S/C64H105N13O14/c1-36(2)33-47-60(87)76(20)53(38(5)6)57(84)66-50(37(3)4)61(88)69(13)32-29-49(80)71(15)41(9)54(81)67-51(44(12)78)62(89)73(17)42(10)55(82)68-52(64(91)77-30-25-22-26-31-77)63(90)74(18)43(11)59(86)72(16)40(8)48(79)35-70(14)46(34-45-27-23-21-24-28-45)56(83)65-39(7)58(85)75(47)19/h21,23-24,27-28,36-44,46-47,50-53,78H,22,25-26,29-35H2,1-20H3,(H,65,83)(H,66,84)(H,67,81)(H,68,82)/t39?,40-,41+,42+,43+,44-,46+,47+,50+,51+,52+,53+/m1/s1. The van der Waals surface area contributed by atoms with Crippen molar-refractivity contribution in [2.45, 2.75) is 194 Å². The van der Waals surface area contributed by atoms with Crippen LogP contribution >= 0.6 is 0 Å². The third-order valence-electron chi connectivity index (χ3n) is 17.8. The quantitative estimate of drug-likeness (QED) is 0.209. The normalized spacial score (nSPS) is 27.9. The van der Waals surface area contributed by atoms with Gasteiger partial charge in [-0.1, -0.05) is 71.9 Å². The maximum absolute atomic E-state index is 14.8. The number of likely N-dealkylation sites (tertiary alicyclic amines) is 1. The summed E-state index contributed by atoms with van der Waals surface area (Å²) in [6.07, 6.45) is 0.442. The van der Waals surface area contributed by atoms with E-state index in [1.165, 1.54) is 115 Å². The summed E-state index contributed by atoms with van der Waals surface area (Å²) < 4.78 is 0. The van der Waals surface area contributed by atoms with E-state index >= 15 is 0 Å². The van der Waals surface area contributed by atoms with E-state index in [0.29, 0.717) is 12.8 Å². The second-order valence-electron chi connectivity index (χ2n) is 25.9. The molecule has 0 radical (unpaired) electrons. The summed E-state index contributed by atoms with van der Waals surface area (Å²) in [5.74, 6) is -10.6. The number of aliphatic hydroxyl groups is 1. The smallest absolute Gasteiger partial charge is 0.255 e. The lowest BCUT2D eigenvalue weighted by Crippen LogP contribution is -2.63. The Kier molecular flexibility index (Phi) is 29.7. The number of benzene rings is 1. The number of ketones is 1. The molecular formula is C64H105N13O14. The number of Topliss-reactive ketones (excluding diaryl/α,β-unsaturated/α-hetero) is 1. The zero-order chi connectivity index (χ0) is 69.4. The van der Waals surface area contributed by atoms with Gasteiger partial charge in [0, 0.05) is 75.4 Å². The lowest BCUT2D eigenvalue weighted by molar-refractivity contribution is -0.152. The van der Waals surface area contributed by atoms with E-state index in [4.69, 9.17) is 0 Å². The molecule has 0 saturated carbocycles. The molecular weight excluding hydrogens is 1170 g/mol. The van der Waals surface area contributed by atoms with Gasteiger partial charge in [-0.2, -0.15) is 0 Å². The molecule has 2 aliphatic rings. The van der Waals surface area contributed by atoms with Gasteiger partial charge in [0.05, 0.1) is 24.7 Å². The number of hydrogen-bond acceptors (Lipinski definition) is 15. The van der Waals surface area contributed by atoms with Crippen LogP contribution in [0.25, 0.3) is 0 Å². The second-order valence-corrected chi connectivity index (χ2v) is 25.9. The number of carbonyl (C=O) groups is 13. The number of carbonyl (C=O) groups excluding carboxylic acids is 13. The monoisotopic (exact) mass is 1280 g/mol. The Bertz CT molecular complexity index is 2760. The van der Waals surface area contributed by atoms with Gasteiger partial charge in [0.15, 0.2) is 11.8 Å². The van der Waals surface area contributed by atoms with Crippen molar-refractivity contribution in [2.24, 2.45) is 17.8 Å². The van der Waals surface area contributed by atoms with E-state index in [1.54, 1.807) is 65.1 Å². The average molecular weight is 1280 g/mol. The predicted molar refractivity (Wildman–Crippen MR) is 341 cm³/mol. The van der Waals surface area contributed by atoms with Crippen molar-refractivity contribution < 1.29 is 67.4 Å². The maximum Gasteiger partial charge on any atom is 0.255 e. The fourth-order valence-corrected chi connectivity index (χ4v) is 11.0. The van der Waals surface area contributed by atoms with E-state index in [0.717, 1.165) is 31.6 Å². The number of aliphatic hydroxyl groups excluding tert-OH is 1. The molecule has 510 valence electrons. The molecule has 0 bridgehead atoms. The van der Waals surface area contributed by atoms with Crippen LogP contribution < -0.4 is 21.3 Å². The minimum absolute atomic E-state index is 0.0776. The van der Waals surface area contributed by atoms with Crippen LogP contribution in [-0.2, 0) is 68.7 Å². The van der Waals surface area contributed by atoms with Crippen molar-refractivity contribution in [3.8, 4) is 0 Å². The first kappa shape index (κ1) is 77.7. The van der Waals surface area contributed by atoms with E-state index in [1.807, 2.05) is 13.8 Å². The van der Waals surface area contributed by atoms with Crippen molar-refractivity contribution in [1.29, 1.82) is 0 Å². The molecule has 5 N–H and O–H groups in total. The Hall–Kier alpha value is -7.55. The molecule has 91 heavy (non-hydrogen) atoms. The van der Waals surface area contributed by atoms with Gasteiger partial charge >= 0.3 is 0 Å². The number of piperidine rings is 1. The van der Waals surface area contributed by atoms with Gasteiger partial charge in [0.25, 0.3) is 11.8 Å². The number of rotatable bonds is 8. The highest BCUT2D eigenvalue weighted by molar-refractivity contribution is 6.09. The fraction of sp³-hybridized carbons (Fsp3) is 0.703. The fourth-order valence-electron chi connectivity index (χ4n) is 11.0. The van der Waals surface area contributed by atoms with Crippen LogP contribution in [0, 0.1) is 17.8 Å². The van der Waals surface area contributed by atoms with Gasteiger partial charge in [-0.05, 0) is 104 Å². The summed E-state index contributed by atoms with van der Waals surface area (Å²) in [6.45, 7) is 18.9.